The summed E-state index contributed by atoms with van der Waals surface area (Å²) in [6.45, 7) is 7.74. The number of nitrogens with zero attached hydrogens (tertiary/aromatic N) is 2. The van der Waals surface area contributed by atoms with Crippen LogP contribution in [0.4, 0.5) is 30.2 Å². The Kier molecular flexibility index (Phi) is 6.17. The van der Waals surface area contributed by atoms with Crippen LogP contribution in [0.2, 0.25) is 0 Å². The second-order valence-electron chi connectivity index (χ2n) is 11.7. The molecule has 2 aromatic rings. The molecule has 2 N–H and O–H groups in total. The quantitative estimate of drug-likeness (QED) is 0.323. The lowest BCUT2D eigenvalue weighted by molar-refractivity contribution is -0.274. The van der Waals surface area contributed by atoms with E-state index >= 15 is 0 Å². The van der Waals surface area contributed by atoms with Gasteiger partial charge in [-0.1, -0.05) is 20.8 Å². The van der Waals surface area contributed by atoms with Gasteiger partial charge in [-0.15, -0.1) is 13.2 Å². The summed E-state index contributed by atoms with van der Waals surface area (Å²) in [5, 5.41) is 12.6. The number of ether oxygens (including phenoxy) is 2. The zero-order valence-corrected chi connectivity index (χ0v) is 22.0. The molecule has 1 saturated heterocycles. The molecule has 204 valence electrons. The van der Waals surface area contributed by atoms with Crippen LogP contribution >= 0.6 is 0 Å². The number of nitrogens with one attached hydrogen (secondary N) is 1. The van der Waals surface area contributed by atoms with Crippen LogP contribution in [0.3, 0.4) is 0 Å². The third-order valence-corrected chi connectivity index (χ3v) is 8.00. The number of fused-ring (bicyclic) bond motifs is 3. The number of aliphatic imine (C=N–C) groups is 1. The average molecular weight is 533 g/mol. The molecular formula is C28H33F3N3O4+. The molecule has 1 aliphatic carbocycles. The number of anilines is 1. The number of carboxylic acid groups (broad SMARTS) is 1. The first-order valence-corrected chi connectivity index (χ1v) is 12.8. The molecule has 3 aliphatic rings. The highest BCUT2D eigenvalue weighted by atomic mass is 19.4. The number of methoxy groups -OCH3 is 1. The summed E-state index contributed by atoms with van der Waals surface area (Å²) < 4.78 is 48.1. The first kappa shape index (κ1) is 26.3. The predicted molar refractivity (Wildman–Crippen MR) is 139 cm³/mol. The fourth-order valence-electron chi connectivity index (χ4n) is 7.09. The maximum atomic E-state index is 12.6. The number of quaternary nitrogens is 1. The van der Waals surface area contributed by atoms with E-state index in [2.05, 4.69) is 30.8 Å². The normalized spacial score (nSPS) is 27.1. The van der Waals surface area contributed by atoms with E-state index in [4.69, 9.17) is 9.73 Å². The first-order chi connectivity index (χ1) is 17.8. The molecule has 2 aromatic carbocycles. The Morgan fingerprint density at radius 2 is 1.92 bits per heavy atom. The van der Waals surface area contributed by atoms with Gasteiger partial charge in [-0.25, -0.2) is 4.48 Å². The molecule has 2 heterocycles. The molecule has 10 heteroatoms. The van der Waals surface area contributed by atoms with Gasteiger partial charge in [-0.2, -0.15) is 4.99 Å². The van der Waals surface area contributed by atoms with E-state index in [1.54, 1.807) is 19.2 Å². The maximum Gasteiger partial charge on any atom is 0.573 e. The van der Waals surface area contributed by atoms with Crippen molar-refractivity contribution in [1.29, 1.82) is 0 Å². The topological polar surface area (TPSA) is 80.2 Å². The molecule has 2 spiro atoms. The Balaban J connectivity index is 1.53. The molecule has 0 radical (unpaired) electrons. The molecule has 38 heavy (non-hydrogen) atoms. The highest BCUT2D eigenvalue weighted by Crippen LogP contribution is 2.65. The minimum Gasteiger partial charge on any atom is -0.496 e. The van der Waals surface area contributed by atoms with Crippen molar-refractivity contribution < 1.29 is 32.5 Å². The first-order valence-electron chi connectivity index (χ1n) is 12.8. The number of rotatable bonds is 6. The summed E-state index contributed by atoms with van der Waals surface area (Å²) >= 11 is 0. The van der Waals surface area contributed by atoms with E-state index in [0.29, 0.717) is 34.2 Å². The number of aryl methyl sites for hydroxylation is 1. The zero-order chi connectivity index (χ0) is 27.5. The van der Waals surface area contributed by atoms with Crippen LogP contribution in [0.1, 0.15) is 52.0 Å². The summed E-state index contributed by atoms with van der Waals surface area (Å²) in [6.07, 6.45) is -1.29. The van der Waals surface area contributed by atoms with Crippen LogP contribution < -0.4 is 19.3 Å². The molecule has 0 amide bonds. The van der Waals surface area contributed by atoms with E-state index in [1.807, 2.05) is 12.1 Å². The summed E-state index contributed by atoms with van der Waals surface area (Å²) in [5.74, 6) is 0.701. The van der Waals surface area contributed by atoms with E-state index in [1.165, 1.54) is 12.1 Å². The van der Waals surface area contributed by atoms with Gasteiger partial charge in [-0.3, -0.25) is 10.1 Å². The molecule has 5 rings (SSSR count). The van der Waals surface area contributed by atoms with Gasteiger partial charge in [0.15, 0.2) is 11.2 Å². The third kappa shape index (κ3) is 4.70. The number of aliphatic carboxylic acids is 1. The minimum absolute atomic E-state index is 0.0219. The van der Waals surface area contributed by atoms with Crippen molar-refractivity contribution in [2.24, 2.45) is 16.3 Å². The van der Waals surface area contributed by atoms with Gasteiger partial charge in [0.1, 0.15) is 23.7 Å². The summed E-state index contributed by atoms with van der Waals surface area (Å²) in [4.78, 5) is 16.2. The molecule has 7 nitrogen and oxygen atoms in total. The lowest BCUT2D eigenvalue weighted by Gasteiger charge is -2.39. The molecular weight excluding hydrogens is 499 g/mol. The number of alkyl halides is 3. The number of hydrogen-bond acceptors (Lipinski definition) is 5. The Morgan fingerprint density at radius 3 is 2.53 bits per heavy atom. The molecule has 2 unspecified atom stereocenters. The fourth-order valence-corrected chi connectivity index (χ4v) is 7.09. The van der Waals surface area contributed by atoms with Crippen molar-refractivity contribution >= 4 is 29.0 Å². The number of guanidine groups is 1. The van der Waals surface area contributed by atoms with Crippen molar-refractivity contribution in [2.75, 3.05) is 19.0 Å². The van der Waals surface area contributed by atoms with E-state index in [9.17, 15) is 23.1 Å². The standard InChI is InChI=1S/C28H32F3N3O4/c1-17-13-26(2,3)15-27(14-17)16-34(27)22-12-23(37-4)18(5-10-24(35)36)11-21(22)33-25(34)32-19-6-8-20(9-7-19)38-28(29,30)31/h6-9,11-12,17H,5,10,13-16H2,1-4H3,(H-,32,33,35,36)/p+1/t17-,27?,34?/m1/s1. The highest BCUT2D eigenvalue weighted by molar-refractivity contribution is 6.12. The van der Waals surface area contributed by atoms with Gasteiger partial charge in [0.2, 0.25) is 0 Å². The van der Waals surface area contributed by atoms with E-state index in [-0.39, 0.29) is 23.1 Å². The third-order valence-electron chi connectivity index (χ3n) is 8.00. The number of hydrogen-bond donors (Lipinski definition) is 2. The number of halogens is 3. The molecule has 3 atom stereocenters. The molecule has 2 fully saturated rings. The van der Waals surface area contributed by atoms with Crippen molar-refractivity contribution in [3.63, 3.8) is 0 Å². The smallest absolute Gasteiger partial charge is 0.496 e. The lowest BCUT2D eigenvalue weighted by atomic mass is 9.67. The van der Waals surface area contributed by atoms with Crippen molar-refractivity contribution in [1.82, 2.24) is 4.48 Å². The fraction of sp³-hybridized carbons (Fsp3) is 0.500. The molecule has 1 saturated carbocycles. The Labute approximate surface area is 219 Å². The van der Waals surface area contributed by atoms with Crippen LogP contribution in [0.25, 0.3) is 0 Å². The van der Waals surface area contributed by atoms with Crippen LogP contribution in [0.5, 0.6) is 11.5 Å². The number of carbonyl (C=O) groups is 1. The van der Waals surface area contributed by atoms with Crippen LogP contribution in [-0.2, 0) is 11.2 Å². The van der Waals surface area contributed by atoms with Crippen LogP contribution in [0, 0.1) is 11.3 Å². The summed E-state index contributed by atoms with van der Waals surface area (Å²) in [5.41, 5.74) is 3.23. The van der Waals surface area contributed by atoms with Gasteiger partial charge in [0.05, 0.1) is 7.11 Å². The number of benzene rings is 2. The predicted octanol–water partition coefficient (Wildman–Crippen LogP) is 6.63. The monoisotopic (exact) mass is 532 g/mol. The summed E-state index contributed by atoms with van der Waals surface area (Å²) in [6, 6.07) is 9.55. The lowest BCUT2D eigenvalue weighted by Crippen LogP contribution is -2.48. The number of carboxylic acids is 1. The Morgan fingerprint density at radius 1 is 1.21 bits per heavy atom. The Hall–Kier alpha value is -3.27. The van der Waals surface area contributed by atoms with Crippen molar-refractivity contribution in [3.05, 3.63) is 42.0 Å². The molecule has 0 aromatic heterocycles. The second-order valence-corrected chi connectivity index (χ2v) is 11.7. The largest absolute Gasteiger partial charge is 0.573 e. The van der Waals surface area contributed by atoms with Gasteiger partial charge in [0.25, 0.3) is 0 Å². The van der Waals surface area contributed by atoms with Crippen molar-refractivity contribution in [3.8, 4) is 11.5 Å². The molecule has 2 aliphatic heterocycles. The highest BCUT2D eigenvalue weighted by Gasteiger charge is 2.78. The van der Waals surface area contributed by atoms with Gasteiger partial charge in [0, 0.05) is 31.0 Å². The van der Waals surface area contributed by atoms with Gasteiger partial charge in [-0.05, 0) is 60.1 Å². The Bertz CT molecular complexity index is 1290. The minimum atomic E-state index is -4.75. The average Bonchev–Trinajstić information content (AvgIpc) is 3.30. The second kappa shape index (κ2) is 8.90. The van der Waals surface area contributed by atoms with Crippen LogP contribution in [-0.4, -0.2) is 42.6 Å². The maximum absolute atomic E-state index is 12.6. The van der Waals surface area contributed by atoms with E-state index in [0.717, 1.165) is 42.7 Å². The van der Waals surface area contributed by atoms with Crippen molar-refractivity contribution in [2.45, 2.75) is 64.8 Å². The van der Waals surface area contributed by atoms with E-state index < -0.39 is 12.3 Å². The van der Waals surface area contributed by atoms with Gasteiger partial charge < -0.3 is 14.6 Å². The summed E-state index contributed by atoms with van der Waals surface area (Å²) in [7, 11) is 1.58. The van der Waals surface area contributed by atoms with Gasteiger partial charge >= 0.3 is 18.3 Å². The zero-order valence-electron chi connectivity index (χ0n) is 22.0. The SMILES string of the molecule is COc1cc2c(cc1CCC(=O)O)N=C(Nc1ccc(OC(F)(F)F)cc1)[N+]21CC12C[C@H](C)CC(C)(C)C2. The van der Waals surface area contributed by atoms with Crippen LogP contribution in [0.15, 0.2) is 41.4 Å². The molecule has 0 bridgehead atoms.